The van der Waals surface area contributed by atoms with E-state index < -0.39 is 0 Å². The Balaban J connectivity index is 1.06. The molecule has 0 radical (unpaired) electrons. The molecule has 9 aromatic rings. The molecule has 0 spiro atoms. The topological polar surface area (TPSA) is 26.6 Å². The third-order valence-electron chi connectivity index (χ3n) is 12.0. The highest BCUT2D eigenvalue weighted by Gasteiger charge is 2.39. The first kappa shape index (κ1) is 30.4. The third-order valence-corrected chi connectivity index (χ3v) is 12.0. The molecule has 0 unspecified atom stereocenters. The largest absolute Gasteiger partial charge is 0.453 e. The fraction of sp³-hybridized carbons (Fsp3) is 0.0588. The van der Waals surface area contributed by atoms with Crippen LogP contribution in [0.2, 0.25) is 0 Å². The van der Waals surface area contributed by atoms with Crippen molar-refractivity contribution in [2.75, 3.05) is 4.90 Å². The quantitative estimate of drug-likeness (QED) is 0.178. The normalized spacial score (nSPS) is 13.7. The Labute approximate surface area is 319 Å². The summed E-state index contributed by atoms with van der Waals surface area (Å²) in [6, 6.07) is 61.0. The minimum Gasteiger partial charge on any atom is -0.453 e. The Hall–Kier alpha value is -7.04. The van der Waals surface area contributed by atoms with Crippen LogP contribution in [-0.2, 0) is 5.41 Å². The van der Waals surface area contributed by atoms with Gasteiger partial charge < -0.3 is 14.4 Å². The van der Waals surface area contributed by atoms with Crippen LogP contribution in [0.3, 0.4) is 0 Å². The van der Waals surface area contributed by atoms with Crippen molar-refractivity contribution in [3.05, 3.63) is 181 Å². The van der Waals surface area contributed by atoms with E-state index in [1.54, 1.807) is 0 Å². The van der Waals surface area contributed by atoms with Gasteiger partial charge in [-0.1, -0.05) is 135 Å². The van der Waals surface area contributed by atoms with Crippen LogP contribution in [0.1, 0.15) is 25.0 Å². The molecule has 55 heavy (non-hydrogen) atoms. The number of benzene rings is 8. The predicted molar refractivity (Wildman–Crippen MR) is 224 cm³/mol. The van der Waals surface area contributed by atoms with Crippen molar-refractivity contribution in [3.8, 4) is 62.1 Å². The maximum absolute atomic E-state index is 6.85. The van der Waals surface area contributed by atoms with Gasteiger partial charge in [0.2, 0.25) is 0 Å². The number of rotatable bonds is 5. The molecule has 0 fully saturated rings. The fourth-order valence-corrected chi connectivity index (χ4v) is 9.58. The van der Waals surface area contributed by atoms with Gasteiger partial charge in [0.15, 0.2) is 23.0 Å². The smallest absolute Gasteiger partial charge is 0.160 e. The molecule has 8 aromatic carbocycles. The second kappa shape index (κ2) is 11.0. The maximum atomic E-state index is 6.85. The van der Waals surface area contributed by atoms with Crippen LogP contribution < -0.4 is 14.4 Å². The summed E-state index contributed by atoms with van der Waals surface area (Å²) in [6.45, 7) is 4.73. The molecule has 1 aromatic heterocycles. The van der Waals surface area contributed by atoms with Crippen molar-refractivity contribution in [1.29, 1.82) is 0 Å². The molecule has 0 amide bonds. The molecule has 4 heteroatoms. The Morgan fingerprint density at radius 3 is 1.95 bits per heavy atom. The number of fused-ring (bicyclic) bond motifs is 4. The zero-order chi connectivity index (χ0) is 36.4. The second-order valence-electron chi connectivity index (χ2n) is 15.3. The van der Waals surface area contributed by atoms with E-state index in [1.807, 2.05) is 18.2 Å². The molecule has 1 aliphatic carbocycles. The van der Waals surface area contributed by atoms with E-state index in [4.69, 9.17) is 9.47 Å². The van der Waals surface area contributed by atoms with E-state index in [0.29, 0.717) is 0 Å². The van der Waals surface area contributed by atoms with Gasteiger partial charge in [0.25, 0.3) is 0 Å². The minimum absolute atomic E-state index is 0.195. The van der Waals surface area contributed by atoms with Gasteiger partial charge >= 0.3 is 0 Å². The fourth-order valence-electron chi connectivity index (χ4n) is 9.58. The molecule has 4 nitrogen and oxygen atoms in total. The Bertz CT molecular complexity index is 3060. The Kier molecular flexibility index (Phi) is 6.09. The second-order valence-corrected chi connectivity index (χ2v) is 15.3. The lowest BCUT2D eigenvalue weighted by Gasteiger charge is -2.33. The molecule has 3 aliphatic rings. The van der Waals surface area contributed by atoms with Gasteiger partial charge in [0.1, 0.15) is 5.69 Å². The number of hydrogen-bond donors (Lipinski definition) is 0. The molecule has 0 saturated carbocycles. The van der Waals surface area contributed by atoms with E-state index in [9.17, 15) is 0 Å². The van der Waals surface area contributed by atoms with Gasteiger partial charge in [-0.25, -0.2) is 0 Å². The van der Waals surface area contributed by atoms with Gasteiger partial charge in [0.05, 0.1) is 22.4 Å². The van der Waals surface area contributed by atoms with Crippen LogP contribution in [0.15, 0.2) is 170 Å². The van der Waals surface area contributed by atoms with E-state index >= 15 is 0 Å². The summed E-state index contributed by atoms with van der Waals surface area (Å²) in [6.07, 6.45) is 0. The lowest BCUT2D eigenvalue weighted by molar-refractivity contribution is 0.445. The summed E-state index contributed by atoms with van der Waals surface area (Å²) in [5.41, 5.74) is 16.1. The van der Waals surface area contributed by atoms with Crippen LogP contribution >= 0.6 is 0 Å². The molecular formula is C51H34N2O2. The summed E-state index contributed by atoms with van der Waals surface area (Å²) in [5.74, 6) is 3.34. The molecule has 3 heterocycles. The first-order chi connectivity index (χ1) is 27.1. The number of hydrogen-bond acceptors (Lipinski definition) is 3. The zero-order valence-electron chi connectivity index (χ0n) is 30.4. The Morgan fingerprint density at radius 2 is 1.09 bits per heavy atom. The first-order valence-electron chi connectivity index (χ1n) is 18.9. The van der Waals surface area contributed by atoms with Crippen molar-refractivity contribution >= 4 is 38.9 Å². The molecule has 12 rings (SSSR count). The van der Waals surface area contributed by atoms with Crippen LogP contribution in [0.5, 0.6) is 23.0 Å². The number of ether oxygens (including phenoxy) is 2. The molecule has 0 atom stereocenters. The highest BCUT2D eigenvalue weighted by Crippen LogP contribution is 2.57. The van der Waals surface area contributed by atoms with Crippen molar-refractivity contribution in [2.45, 2.75) is 19.3 Å². The van der Waals surface area contributed by atoms with E-state index in [-0.39, 0.29) is 5.41 Å². The minimum atomic E-state index is -0.195. The number of nitrogens with zero attached hydrogens (tertiary/aromatic N) is 2. The molecule has 0 N–H and O–H groups in total. The van der Waals surface area contributed by atoms with Crippen molar-refractivity contribution in [2.24, 2.45) is 0 Å². The highest BCUT2D eigenvalue weighted by molar-refractivity contribution is 6.16. The van der Waals surface area contributed by atoms with Gasteiger partial charge in [-0.3, -0.25) is 4.57 Å². The summed E-state index contributed by atoms with van der Waals surface area (Å²) in [7, 11) is 0. The number of anilines is 3. The van der Waals surface area contributed by atoms with Crippen LogP contribution in [0, 0.1) is 0 Å². The maximum Gasteiger partial charge on any atom is 0.160 e. The number of aromatic nitrogens is 1. The lowest BCUT2D eigenvalue weighted by Crippen LogP contribution is -2.21. The number of para-hydroxylation sites is 3. The standard InChI is InChI=1S/C51H34N2O2/c1-51(2)40-19-8-6-16-36(40)37-17-10-21-42(46(37)51)52(41-20-9-7-15-34(41)31-13-4-3-5-14-31)33-27-25-32(26-28-33)35-29-30-39-38-18-11-22-43-47(38)53-48(39)50(35)55-45-24-12-23-44(54-43)49(45)53/h3-30H,1-2H3. The van der Waals surface area contributed by atoms with Crippen LogP contribution in [-0.4, -0.2) is 4.57 Å². The van der Waals surface area contributed by atoms with Crippen molar-refractivity contribution in [3.63, 3.8) is 0 Å². The van der Waals surface area contributed by atoms with Gasteiger partial charge in [-0.05, 0) is 81.9 Å². The molecular weight excluding hydrogens is 673 g/mol. The van der Waals surface area contributed by atoms with Crippen molar-refractivity contribution < 1.29 is 9.47 Å². The van der Waals surface area contributed by atoms with E-state index in [1.165, 1.54) is 39.1 Å². The molecule has 2 aliphatic heterocycles. The highest BCUT2D eigenvalue weighted by atomic mass is 16.5. The van der Waals surface area contributed by atoms with Gasteiger partial charge in [-0.2, -0.15) is 0 Å². The SMILES string of the molecule is CC1(C)c2ccccc2-c2cccc(N(c3ccc(-c4ccc5c6cccc7c6n6c5c4Oc4cccc(c4-6)O7)cc3)c3ccccc3-c3ccccc3)c21. The third kappa shape index (κ3) is 4.11. The van der Waals surface area contributed by atoms with Gasteiger partial charge in [0, 0.05) is 33.0 Å². The van der Waals surface area contributed by atoms with Crippen LogP contribution in [0.25, 0.3) is 60.9 Å². The monoisotopic (exact) mass is 706 g/mol. The summed E-state index contributed by atoms with van der Waals surface area (Å²) < 4.78 is 15.6. The van der Waals surface area contributed by atoms with Crippen LogP contribution in [0.4, 0.5) is 17.1 Å². The van der Waals surface area contributed by atoms with Crippen molar-refractivity contribution in [1.82, 2.24) is 4.57 Å². The summed E-state index contributed by atoms with van der Waals surface area (Å²) in [5, 5.41) is 2.32. The average Bonchev–Trinajstić information content (AvgIpc) is 3.70. The average molecular weight is 707 g/mol. The molecule has 0 saturated heterocycles. The van der Waals surface area contributed by atoms with Gasteiger partial charge in [-0.15, -0.1) is 0 Å². The molecule has 260 valence electrons. The van der Waals surface area contributed by atoms with E-state index in [2.05, 4.69) is 175 Å². The summed E-state index contributed by atoms with van der Waals surface area (Å²) in [4.78, 5) is 2.46. The predicted octanol–water partition coefficient (Wildman–Crippen LogP) is 14.1. The summed E-state index contributed by atoms with van der Waals surface area (Å²) >= 11 is 0. The first-order valence-corrected chi connectivity index (χ1v) is 18.9. The zero-order valence-corrected chi connectivity index (χ0v) is 30.4. The Morgan fingerprint density at radius 1 is 0.455 bits per heavy atom. The van der Waals surface area contributed by atoms with E-state index in [0.717, 1.165) is 73.0 Å². The molecule has 0 bridgehead atoms. The lowest BCUT2D eigenvalue weighted by atomic mass is 9.81.